The molecule has 2 aliphatic heterocycles. The lowest BCUT2D eigenvalue weighted by molar-refractivity contribution is -0.137. The third-order valence-corrected chi connectivity index (χ3v) is 7.60. The maximum absolute atomic E-state index is 14.8. The molecule has 1 atom stereocenters. The standard InChI is InChI=1S/C26H30ClF5N6O3/c1-16-13-17(26(30,31)32)14-21(33-16)38-20(24(40)34(2)19-4-3-18(28)22(27)23(19)29)15-37(25(38)41)10-9-35-5-7-36(8-6-35)11-12-39/h3-4,13-14,20,39H,5-12,15H2,1-2H3. The molecule has 0 aliphatic carbocycles. The molecule has 0 radical (unpaired) electrons. The molecule has 1 N–H and O–H groups in total. The number of amides is 3. The number of hydrogen-bond acceptors (Lipinski definition) is 6. The van der Waals surface area contributed by atoms with Gasteiger partial charge in [-0.1, -0.05) is 11.6 Å². The number of nitrogens with zero attached hydrogens (tertiary/aromatic N) is 6. The van der Waals surface area contributed by atoms with E-state index in [1.807, 2.05) is 0 Å². The molecule has 41 heavy (non-hydrogen) atoms. The van der Waals surface area contributed by atoms with Crippen LogP contribution in [-0.2, 0) is 11.0 Å². The molecule has 1 aromatic heterocycles. The Balaban J connectivity index is 1.61. The maximum Gasteiger partial charge on any atom is 0.416 e. The van der Waals surface area contributed by atoms with Crippen molar-refractivity contribution in [2.24, 2.45) is 0 Å². The van der Waals surface area contributed by atoms with Crippen LogP contribution >= 0.6 is 11.6 Å². The number of piperazine rings is 1. The van der Waals surface area contributed by atoms with E-state index >= 15 is 0 Å². The number of aliphatic hydroxyl groups excluding tert-OH is 1. The number of aryl methyl sites for hydroxylation is 1. The van der Waals surface area contributed by atoms with Crippen molar-refractivity contribution in [1.29, 1.82) is 0 Å². The number of likely N-dealkylation sites (N-methyl/N-ethyl adjacent to an activating group) is 1. The van der Waals surface area contributed by atoms with Crippen molar-refractivity contribution in [2.75, 3.05) is 75.8 Å². The molecule has 2 aromatic rings. The number of anilines is 2. The number of aliphatic hydroxyl groups is 1. The lowest BCUT2D eigenvalue weighted by Crippen LogP contribution is -2.49. The normalized spacial score (nSPS) is 18.9. The summed E-state index contributed by atoms with van der Waals surface area (Å²) in [6.07, 6.45) is -4.73. The summed E-state index contributed by atoms with van der Waals surface area (Å²) in [5.41, 5.74) is -1.41. The number of urea groups is 1. The highest BCUT2D eigenvalue weighted by molar-refractivity contribution is 6.31. The molecule has 0 spiro atoms. The number of alkyl halides is 3. The van der Waals surface area contributed by atoms with E-state index < -0.39 is 46.4 Å². The quantitative estimate of drug-likeness (QED) is 0.368. The van der Waals surface area contributed by atoms with E-state index in [4.69, 9.17) is 16.7 Å². The molecule has 0 bridgehead atoms. The van der Waals surface area contributed by atoms with Crippen LogP contribution in [0.25, 0.3) is 0 Å². The zero-order valence-corrected chi connectivity index (χ0v) is 23.2. The van der Waals surface area contributed by atoms with E-state index in [0.29, 0.717) is 32.2 Å². The van der Waals surface area contributed by atoms with E-state index in [1.54, 1.807) is 0 Å². The minimum absolute atomic E-state index is 0.0160. The zero-order valence-electron chi connectivity index (χ0n) is 22.5. The molecule has 2 aliphatic rings. The third-order valence-electron chi connectivity index (χ3n) is 7.25. The molecule has 4 rings (SSSR count). The van der Waals surface area contributed by atoms with Gasteiger partial charge in [0.25, 0.3) is 5.91 Å². The van der Waals surface area contributed by atoms with Crippen LogP contribution in [0.2, 0.25) is 5.02 Å². The average Bonchev–Trinajstić information content (AvgIpc) is 3.26. The van der Waals surface area contributed by atoms with Gasteiger partial charge >= 0.3 is 12.2 Å². The largest absolute Gasteiger partial charge is 0.416 e. The van der Waals surface area contributed by atoms with Gasteiger partial charge in [0.1, 0.15) is 22.7 Å². The molecular weight excluding hydrogens is 575 g/mol. The molecule has 1 unspecified atom stereocenters. The smallest absolute Gasteiger partial charge is 0.395 e. The van der Waals surface area contributed by atoms with E-state index in [9.17, 15) is 31.5 Å². The van der Waals surface area contributed by atoms with Crippen molar-refractivity contribution in [2.45, 2.75) is 19.1 Å². The first-order valence-electron chi connectivity index (χ1n) is 12.9. The second kappa shape index (κ2) is 12.4. The van der Waals surface area contributed by atoms with Crippen LogP contribution in [0.4, 0.5) is 38.3 Å². The van der Waals surface area contributed by atoms with Gasteiger partial charge in [-0.15, -0.1) is 0 Å². The highest BCUT2D eigenvalue weighted by Gasteiger charge is 2.45. The molecule has 1 aromatic carbocycles. The molecule has 224 valence electrons. The van der Waals surface area contributed by atoms with Crippen LogP contribution in [-0.4, -0.2) is 109 Å². The Morgan fingerprint density at radius 3 is 2.34 bits per heavy atom. The summed E-state index contributed by atoms with van der Waals surface area (Å²) < 4.78 is 69.3. The van der Waals surface area contributed by atoms with Crippen molar-refractivity contribution in [3.63, 3.8) is 0 Å². The predicted octanol–water partition coefficient (Wildman–Crippen LogP) is 3.22. The van der Waals surface area contributed by atoms with Gasteiger partial charge in [0.2, 0.25) is 0 Å². The van der Waals surface area contributed by atoms with E-state index in [-0.39, 0.29) is 36.9 Å². The fourth-order valence-electron chi connectivity index (χ4n) is 4.98. The Morgan fingerprint density at radius 1 is 1.10 bits per heavy atom. The number of aromatic nitrogens is 1. The van der Waals surface area contributed by atoms with Crippen LogP contribution in [0.1, 0.15) is 11.3 Å². The summed E-state index contributed by atoms with van der Waals surface area (Å²) in [5.74, 6) is -3.41. The molecule has 9 nitrogen and oxygen atoms in total. The Bertz CT molecular complexity index is 1290. The van der Waals surface area contributed by atoms with Crippen molar-refractivity contribution in [3.05, 3.63) is 52.2 Å². The van der Waals surface area contributed by atoms with E-state index in [1.165, 1.54) is 18.9 Å². The number of carbonyl (C=O) groups excluding carboxylic acids is 2. The molecule has 3 heterocycles. The number of hydrogen-bond donors (Lipinski definition) is 1. The molecule has 15 heteroatoms. The second-order valence-electron chi connectivity index (χ2n) is 9.97. The average molecular weight is 605 g/mol. The molecule has 2 saturated heterocycles. The summed E-state index contributed by atoms with van der Waals surface area (Å²) in [7, 11) is 1.21. The Morgan fingerprint density at radius 2 is 1.73 bits per heavy atom. The molecular formula is C26H30ClF5N6O3. The first-order valence-corrected chi connectivity index (χ1v) is 13.3. The predicted molar refractivity (Wildman–Crippen MR) is 142 cm³/mol. The van der Waals surface area contributed by atoms with Crippen molar-refractivity contribution in [3.8, 4) is 0 Å². The number of pyridine rings is 1. The number of rotatable bonds is 8. The lowest BCUT2D eigenvalue weighted by atomic mass is 10.1. The van der Waals surface area contributed by atoms with Crippen molar-refractivity contribution in [1.82, 2.24) is 19.7 Å². The first kappa shape index (κ1) is 30.9. The molecule has 3 amide bonds. The van der Waals surface area contributed by atoms with Gasteiger partial charge in [-0.3, -0.25) is 19.5 Å². The van der Waals surface area contributed by atoms with Gasteiger partial charge in [-0.05, 0) is 31.2 Å². The minimum atomic E-state index is -4.73. The van der Waals surface area contributed by atoms with Gasteiger partial charge in [0.15, 0.2) is 5.82 Å². The third kappa shape index (κ3) is 6.71. The number of benzene rings is 1. The Hall–Kier alpha value is -3.07. The topological polar surface area (TPSA) is 83.5 Å². The van der Waals surface area contributed by atoms with Crippen molar-refractivity contribution >= 4 is 35.0 Å². The van der Waals surface area contributed by atoms with Gasteiger partial charge in [-0.25, -0.2) is 18.6 Å². The lowest BCUT2D eigenvalue weighted by Gasteiger charge is -2.35. The van der Waals surface area contributed by atoms with E-state index in [2.05, 4.69) is 14.8 Å². The van der Waals surface area contributed by atoms with Gasteiger partial charge in [0.05, 0.1) is 24.4 Å². The number of carbonyl (C=O) groups is 2. The minimum Gasteiger partial charge on any atom is -0.395 e. The first-order chi connectivity index (χ1) is 19.3. The summed E-state index contributed by atoms with van der Waals surface area (Å²) in [6, 6.07) is 1.34. The Kier molecular flexibility index (Phi) is 9.36. The van der Waals surface area contributed by atoms with Crippen LogP contribution < -0.4 is 9.80 Å². The number of β-amino-alcohol motifs (C(OH)–C–C–N with tert-alkyl or cyclic N) is 1. The maximum atomic E-state index is 14.8. The highest BCUT2D eigenvalue weighted by Crippen LogP contribution is 2.35. The van der Waals surface area contributed by atoms with Crippen molar-refractivity contribution < 1.29 is 36.6 Å². The second-order valence-corrected chi connectivity index (χ2v) is 10.3. The van der Waals surface area contributed by atoms with Crippen LogP contribution in [0.5, 0.6) is 0 Å². The highest BCUT2D eigenvalue weighted by atomic mass is 35.5. The summed E-state index contributed by atoms with van der Waals surface area (Å²) in [4.78, 5) is 38.7. The van der Waals surface area contributed by atoms with Gasteiger partial charge in [0, 0.05) is 58.6 Å². The fraction of sp³-hybridized carbons (Fsp3) is 0.500. The van der Waals surface area contributed by atoms with Gasteiger partial charge in [-0.2, -0.15) is 13.2 Å². The summed E-state index contributed by atoms with van der Waals surface area (Å²) >= 11 is 5.68. The monoisotopic (exact) mass is 604 g/mol. The fourth-order valence-corrected chi connectivity index (χ4v) is 5.14. The Labute approximate surface area is 238 Å². The van der Waals surface area contributed by atoms with Gasteiger partial charge < -0.3 is 14.9 Å². The van der Waals surface area contributed by atoms with Crippen LogP contribution in [0.15, 0.2) is 24.3 Å². The SMILES string of the molecule is Cc1cc(C(F)(F)F)cc(N2C(=O)N(CCN3CCN(CCO)CC3)CC2C(=O)N(C)c2ccc(F)c(Cl)c2F)n1. The van der Waals surface area contributed by atoms with E-state index in [0.717, 1.165) is 41.1 Å². The summed E-state index contributed by atoms with van der Waals surface area (Å²) in [6.45, 7) is 5.22. The van der Waals surface area contributed by atoms with Crippen LogP contribution in [0, 0.1) is 18.6 Å². The zero-order chi connectivity index (χ0) is 30.1. The van der Waals surface area contributed by atoms with Crippen LogP contribution in [0.3, 0.4) is 0 Å². The molecule has 0 saturated carbocycles. The number of halogens is 6. The molecule has 2 fully saturated rings. The summed E-state index contributed by atoms with van der Waals surface area (Å²) in [5, 5.41) is 8.31.